The number of methoxy groups -OCH3 is 1. The molecule has 25 heavy (non-hydrogen) atoms. The largest absolute Gasteiger partial charge is 0.497 e. The second-order valence-electron chi connectivity index (χ2n) is 5.43. The van der Waals surface area contributed by atoms with Crippen LogP contribution in [0.15, 0.2) is 48.8 Å². The lowest BCUT2D eigenvalue weighted by atomic mass is 10.2. The minimum absolute atomic E-state index is 0.176. The van der Waals surface area contributed by atoms with Gasteiger partial charge in [0.1, 0.15) is 5.75 Å². The van der Waals surface area contributed by atoms with Crippen molar-refractivity contribution in [2.45, 2.75) is 19.3 Å². The third-order valence-electron chi connectivity index (χ3n) is 3.48. The molecule has 3 rings (SSSR count). The molecule has 2 aromatic heterocycles. The summed E-state index contributed by atoms with van der Waals surface area (Å²) in [5.41, 5.74) is 1.78. The Hall–Kier alpha value is -2.84. The molecule has 3 aromatic rings. The molecule has 0 spiro atoms. The molecule has 0 fully saturated rings. The number of rotatable bonds is 8. The van der Waals surface area contributed by atoms with Crippen LogP contribution < -0.4 is 4.74 Å². The lowest BCUT2D eigenvalue weighted by molar-refractivity contribution is 0.0165. The maximum atomic E-state index is 10.1. The Morgan fingerprint density at radius 2 is 2.04 bits per heavy atom. The van der Waals surface area contributed by atoms with Gasteiger partial charge in [0.25, 0.3) is 0 Å². The summed E-state index contributed by atoms with van der Waals surface area (Å²) >= 11 is 0. The molecule has 0 amide bonds. The van der Waals surface area contributed by atoms with Crippen molar-refractivity contribution in [3.63, 3.8) is 0 Å². The fourth-order valence-corrected chi connectivity index (χ4v) is 2.21. The van der Waals surface area contributed by atoms with E-state index in [1.165, 1.54) is 4.80 Å². The minimum Gasteiger partial charge on any atom is -0.497 e. The summed E-state index contributed by atoms with van der Waals surface area (Å²) in [5.74, 6) is 1.27. The molecule has 8 nitrogen and oxygen atoms in total. The zero-order chi connectivity index (χ0) is 17.5. The van der Waals surface area contributed by atoms with Gasteiger partial charge in [-0.15, -0.1) is 10.2 Å². The maximum Gasteiger partial charge on any atom is 0.206 e. The summed E-state index contributed by atoms with van der Waals surface area (Å²) in [6.45, 7) is 0.790. The molecule has 0 aliphatic rings. The minimum atomic E-state index is -0.728. The van der Waals surface area contributed by atoms with Crippen molar-refractivity contribution in [1.29, 1.82) is 0 Å². The number of pyridine rings is 1. The summed E-state index contributed by atoms with van der Waals surface area (Å²) in [5, 5.41) is 22.2. The van der Waals surface area contributed by atoms with E-state index in [1.54, 1.807) is 25.6 Å². The van der Waals surface area contributed by atoms with Crippen LogP contribution in [0.3, 0.4) is 0 Å². The summed E-state index contributed by atoms with van der Waals surface area (Å²) in [4.78, 5) is 5.37. The van der Waals surface area contributed by atoms with Gasteiger partial charge < -0.3 is 14.6 Å². The smallest absolute Gasteiger partial charge is 0.206 e. The predicted octanol–water partition coefficient (Wildman–Crippen LogP) is 1.32. The Bertz CT molecular complexity index is 776. The van der Waals surface area contributed by atoms with Crippen molar-refractivity contribution in [3.8, 4) is 17.1 Å². The number of aliphatic hydroxyl groups is 1. The van der Waals surface area contributed by atoms with Gasteiger partial charge in [0.2, 0.25) is 5.82 Å². The van der Waals surface area contributed by atoms with E-state index in [0.717, 1.165) is 16.9 Å². The molecule has 0 saturated carbocycles. The number of hydrogen-bond acceptors (Lipinski definition) is 7. The highest BCUT2D eigenvalue weighted by molar-refractivity contribution is 5.51. The van der Waals surface area contributed by atoms with E-state index in [2.05, 4.69) is 20.4 Å². The van der Waals surface area contributed by atoms with Gasteiger partial charge in [-0.1, -0.05) is 12.1 Å². The number of tetrazole rings is 1. The molecule has 130 valence electrons. The Morgan fingerprint density at radius 1 is 1.20 bits per heavy atom. The molecule has 0 bridgehead atoms. The van der Waals surface area contributed by atoms with E-state index in [-0.39, 0.29) is 13.2 Å². The highest BCUT2D eigenvalue weighted by atomic mass is 16.5. The van der Waals surface area contributed by atoms with E-state index in [1.807, 2.05) is 30.3 Å². The number of benzene rings is 1. The first-order valence-corrected chi connectivity index (χ1v) is 7.81. The van der Waals surface area contributed by atoms with Crippen LogP contribution in [0.2, 0.25) is 0 Å². The Kier molecular flexibility index (Phi) is 5.65. The SMILES string of the molecule is COc1ccc(COC[C@H](O)Cn2nnc(-c3cccnc3)n2)cc1. The molecule has 1 aromatic carbocycles. The summed E-state index contributed by atoms with van der Waals surface area (Å²) in [6, 6.07) is 11.2. The van der Waals surface area contributed by atoms with E-state index < -0.39 is 6.10 Å². The molecule has 1 N–H and O–H groups in total. The van der Waals surface area contributed by atoms with Crippen molar-refractivity contribution in [3.05, 3.63) is 54.4 Å². The zero-order valence-electron chi connectivity index (χ0n) is 13.8. The van der Waals surface area contributed by atoms with Gasteiger partial charge >= 0.3 is 0 Å². The van der Waals surface area contributed by atoms with Crippen molar-refractivity contribution in [1.82, 2.24) is 25.2 Å². The lowest BCUT2D eigenvalue weighted by Gasteiger charge is -2.10. The quantitative estimate of drug-likeness (QED) is 0.660. The molecule has 0 aliphatic heterocycles. The first kappa shape index (κ1) is 17.0. The van der Waals surface area contributed by atoms with Gasteiger partial charge in [0.05, 0.1) is 33.0 Å². The standard InChI is InChI=1S/C17H19N5O3/c1-24-16-6-4-13(5-7-16)11-25-12-15(23)10-22-20-17(19-21-22)14-3-2-8-18-9-14/h2-9,15,23H,10-12H2,1H3/t15-/m1/s1. The van der Waals surface area contributed by atoms with Crippen molar-refractivity contribution >= 4 is 0 Å². The number of aromatic nitrogens is 5. The predicted molar refractivity (Wildman–Crippen MR) is 89.7 cm³/mol. The normalized spacial score (nSPS) is 12.1. The average molecular weight is 341 g/mol. The molecule has 8 heteroatoms. The highest BCUT2D eigenvalue weighted by Crippen LogP contribution is 2.12. The van der Waals surface area contributed by atoms with Gasteiger partial charge in [-0.05, 0) is 35.0 Å². The molecule has 0 aliphatic carbocycles. The number of ether oxygens (including phenoxy) is 2. The van der Waals surface area contributed by atoms with Crippen LogP contribution in [0.1, 0.15) is 5.56 Å². The molecular weight excluding hydrogens is 322 g/mol. The first-order valence-electron chi connectivity index (χ1n) is 7.81. The zero-order valence-corrected chi connectivity index (χ0v) is 13.8. The summed E-state index contributed by atoms with van der Waals surface area (Å²) in [7, 11) is 1.62. The van der Waals surface area contributed by atoms with Crippen molar-refractivity contribution < 1.29 is 14.6 Å². The Balaban J connectivity index is 1.46. The van der Waals surface area contributed by atoms with Crippen LogP contribution in [0.4, 0.5) is 0 Å². The highest BCUT2D eigenvalue weighted by Gasteiger charge is 2.10. The van der Waals surface area contributed by atoms with Crippen LogP contribution in [-0.4, -0.2) is 50.1 Å². The van der Waals surface area contributed by atoms with Gasteiger partial charge in [0.15, 0.2) is 0 Å². The Morgan fingerprint density at radius 3 is 2.76 bits per heavy atom. The van der Waals surface area contributed by atoms with Gasteiger partial charge in [0, 0.05) is 18.0 Å². The first-order chi connectivity index (χ1) is 12.2. The Labute approximate surface area is 145 Å². The summed E-state index contributed by atoms with van der Waals surface area (Å²) < 4.78 is 10.6. The summed E-state index contributed by atoms with van der Waals surface area (Å²) in [6.07, 6.45) is 2.61. The monoisotopic (exact) mass is 341 g/mol. The van der Waals surface area contributed by atoms with E-state index in [4.69, 9.17) is 9.47 Å². The van der Waals surface area contributed by atoms with E-state index in [9.17, 15) is 5.11 Å². The fraction of sp³-hybridized carbons (Fsp3) is 0.294. The maximum absolute atomic E-state index is 10.1. The van der Waals surface area contributed by atoms with Gasteiger partial charge in [-0.25, -0.2) is 0 Å². The number of aliphatic hydroxyl groups excluding tert-OH is 1. The van der Waals surface area contributed by atoms with Crippen molar-refractivity contribution in [2.75, 3.05) is 13.7 Å². The molecule has 0 saturated heterocycles. The van der Waals surface area contributed by atoms with Crippen molar-refractivity contribution in [2.24, 2.45) is 0 Å². The topological polar surface area (TPSA) is 95.2 Å². The van der Waals surface area contributed by atoms with Crippen LogP contribution in [0, 0.1) is 0 Å². The molecular formula is C17H19N5O3. The average Bonchev–Trinajstić information content (AvgIpc) is 3.11. The number of hydrogen-bond donors (Lipinski definition) is 1. The second-order valence-corrected chi connectivity index (χ2v) is 5.43. The third kappa shape index (κ3) is 4.82. The number of nitrogens with zero attached hydrogens (tertiary/aromatic N) is 5. The third-order valence-corrected chi connectivity index (χ3v) is 3.48. The van der Waals surface area contributed by atoms with Crippen LogP contribution in [0.5, 0.6) is 5.75 Å². The lowest BCUT2D eigenvalue weighted by Crippen LogP contribution is -2.23. The van der Waals surface area contributed by atoms with E-state index >= 15 is 0 Å². The molecule has 1 atom stereocenters. The molecule has 0 radical (unpaired) electrons. The molecule has 0 unspecified atom stereocenters. The van der Waals surface area contributed by atoms with Crippen LogP contribution in [-0.2, 0) is 17.9 Å². The van der Waals surface area contributed by atoms with E-state index in [0.29, 0.717) is 12.4 Å². The van der Waals surface area contributed by atoms with Crippen LogP contribution >= 0.6 is 0 Å². The molecule has 2 heterocycles. The second kappa shape index (κ2) is 8.32. The van der Waals surface area contributed by atoms with Gasteiger partial charge in [-0.2, -0.15) is 4.80 Å². The van der Waals surface area contributed by atoms with Crippen LogP contribution in [0.25, 0.3) is 11.4 Å². The fourth-order valence-electron chi connectivity index (χ4n) is 2.21. The van der Waals surface area contributed by atoms with Gasteiger partial charge in [-0.3, -0.25) is 4.98 Å².